The SMILES string of the molecule is Cc1cccc(OCCNS(=O)(=O)Cc2cccc([N+](=O)[O-])c2)c1. The largest absolute Gasteiger partial charge is 0.492 e. The Morgan fingerprint density at radius 3 is 2.62 bits per heavy atom. The Labute approximate surface area is 140 Å². The number of ether oxygens (including phenoxy) is 1. The fourth-order valence-corrected chi connectivity index (χ4v) is 3.22. The number of non-ortho nitro benzene ring substituents is 1. The van der Waals surface area contributed by atoms with E-state index in [1.807, 2.05) is 25.1 Å². The van der Waals surface area contributed by atoms with Crippen LogP contribution in [0.4, 0.5) is 5.69 Å². The molecule has 7 nitrogen and oxygen atoms in total. The molecule has 0 aliphatic carbocycles. The number of nitrogens with zero attached hydrogens (tertiary/aromatic N) is 1. The molecule has 2 aromatic rings. The lowest BCUT2D eigenvalue weighted by atomic mass is 10.2. The Bertz CT molecular complexity index is 821. The average Bonchev–Trinajstić information content (AvgIpc) is 2.51. The normalized spacial score (nSPS) is 11.2. The highest BCUT2D eigenvalue weighted by Crippen LogP contribution is 2.15. The third kappa shape index (κ3) is 5.64. The Kier molecular flexibility index (Phi) is 5.88. The third-order valence-electron chi connectivity index (χ3n) is 3.16. The van der Waals surface area contributed by atoms with Gasteiger partial charge in [0.05, 0.1) is 10.7 Å². The standard InChI is InChI=1S/C16H18N2O5S/c1-13-4-2-7-16(10-13)23-9-8-17-24(21,22)12-14-5-3-6-15(11-14)18(19)20/h2-7,10-11,17H,8-9,12H2,1H3. The molecule has 0 bridgehead atoms. The molecule has 2 rings (SSSR count). The molecule has 0 amide bonds. The summed E-state index contributed by atoms with van der Waals surface area (Å²) in [5.74, 6) is 0.354. The number of nitro groups is 1. The fourth-order valence-electron chi connectivity index (χ4n) is 2.10. The van der Waals surface area contributed by atoms with Gasteiger partial charge in [-0.1, -0.05) is 24.3 Å². The number of hydrogen-bond donors (Lipinski definition) is 1. The van der Waals surface area contributed by atoms with Crippen LogP contribution in [0.1, 0.15) is 11.1 Å². The van der Waals surface area contributed by atoms with Crippen LogP contribution >= 0.6 is 0 Å². The zero-order chi connectivity index (χ0) is 17.6. The van der Waals surface area contributed by atoms with E-state index in [0.717, 1.165) is 5.56 Å². The van der Waals surface area contributed by atoms with Crippen molar-refractivity contribution in [3.8, 4) is 5.75 Å². The van der Waals surface area contributed by atoms with Gasteiger partial charge < -0.3 is 4.74 Å². The summed E-state index contributed by atoms with van der Waals surface area (Å²) in [6.45, 7) is 2.25. The van der Waals surface area contributed by atoms with Crippen LogP contribution in [0.25, 0.3) is 0 Å². The monoisotopic (exact) mass is 350 g/mol. The van der Waals surface area contributed by atoms with E-state index in [2.05, 4.69) is 4.72 Å². The van der Waals surface area contributed by atoms with Gasteiger partial charge in [0.1, 0.15) is 12.4 Å². The highest BCUT2D eigenvalue weighted by Gasteiger charge is 2.13. The molecule has 0 aromatic heterocycles. The summed E-state index contributed by atoms with van der Waals surface area (Å²) < 4.78 is 31.9. The van der Waals surface area contributed by atoms with Crippen molar-refractivity contribution < 1.29 is 18.1 Å². The summed E-state index contributed by atoms with van der Waals surface area (Å²) in [6, 6.07) is 13.0. The lowest BCUT2D eigenvalue weighted by molar-refractivity contribution is -0.384. The third-order valence-corrected chi connectivity index (χ3v) is 4.52. The molecule has 2 aromatic carbocycles. The van der Waals surface area contributed by atoms with Gasteiger partial charge in [0.2, 0.25) is 10.0 Å². The lowest BCUT2D eigenvalue weighted by Crippen LogP contribution is -2.29. The molecule has 0 aliphatic heterocycles. The van der Waals surface area contributed by atoms with Gasteiger partial charge in [-0.15, -0.1) is 0 Å². The van der Waals surface area contributed by atoms with E-state index in [1.165, 1.54) is 24.3 Å². The van der Waals surface area contributed by atoms with E-state index in [4.69, 9.17) is 4.74 Å². The molecular formula is C16H18N2O5S. The van der Waals surface area contributed by atoms with Gasteiger partial charge in [0.15, 0.2) is 0 Å². The molecule has 0 fully saturated rings. The highest BCUT2D eigenvalue weighted by molar-refractivity contribution is 7.88. The summed E-state index contributed by atoms with van der Waals surface area (Å²) in [5, 5.41) is 10.7. The minimum atomic E-state index is -3.59. The predicted octanol–water partition coefficient (Wildman–Crippen LogP) is 2.40. The van der Waals surface area contributed by atoms with Crippen molar-refractivity contribution >= 4 is 15.7 Å². The Morgan fingerprint density at radius 1 is 1.17 bits per heavy atom. The number of hydrogen-bond acceptors (Lipinski definition) is 5. The molecule has 0 aliphatic rings. The van der Waals surface area contributed by atoms with Gasteiger partial charge in [-0.3, -0.25) is 10.1 Å². The van der Waals surface area contributed by atoms with E-state index in [0.29, 0.717) is 11.3 Å². The van der Waals surface area contributed by atoms with Crippen LogP contribution in [-0.2, 0) is 15.8 Å². The Hall–Kier alpha value is -2.45. The molecule has 0 saturated heterocycles. The first-order valence-corrected chi connectivity index (χ1v) is 8.91. The topological polar surface area (TPSA) is 98.5 Å². The summed E-state index contributed by atoms with van der Waals surface area (Å²) in [7, 11) is -3.59. The first kappa shape index (κ1) is 17.9. The van der Waals surface area contributed by atoms with Crippen LogP contribution in [0.5, 0.6) is 5.75 Å². The molecular weight excluding hydrogens is 332 g/mol. The van der Waals surface area contributed by atoms with Gasteiger partial charge in [-0.05, 0) is 30.2 Å². The molecule has 8 heteroatoms. The molecule has 24 heavy (non-hydrogen) atoms. The van der Waals surface area contributed by atoms with Gasteiger partial charge >= 0.3 is 0 Å². The smallest absolute Gasteiger partial charge is 0.269 e. The summed E-state index contributed by atoms with van der Waals surface area (Å²) in [6.07, 6.45) is 0. The lowest BCUT2D eigenvalue weighted by Gasteiger charge is -2.09. The summed E-state index contributed by atoms with van der Waals surface area (Å²) in [5.41, 5.74) is 1.28. The van der Waals surface area contributed by atoms with Crippen LogP contribution in [0.3, 0.4) is 0 Å². The quantitative estimate of drug-likeness (QED) is 0.448. The second kappa shape index (κ2) is 7.89. The molecule has 0 radical (unpaired) electrons. The number of nitro benzene ring substituents is 1. The van der Waals surface area contributed by atoms with E-state index < -0.39 is 14.9 Å². The maximum absolute atomic E-state index is 12.0. The van der Waals surface area contributed by atoms with Crippen LogP contribution in [0.15, 0.2) is 48.5 Å². The zero-order valence-corrected chi connectivity index (χ0v) is 14.0. The van der Waals surface area contributed by atoms with E-state index in [9.17, 15) is 18.5 Å². The van der Waals surface area contributed by atoms with Gasteiger partial charge in [0, 0.05) is 18.7 Å². The number of aryl methyl sites for hydroxylation is 1. The molecule has 1 N–H and O–H groups in total. The van der Waals surface area contributed by atoms with Crippen LogP contribution in [0, 0.1) is 17.0 Å². The van der Waals surface area contributed by atoms with Crippen molar-refractivity contribution in [2.45, 2.75) is 12.7 Å². The van der Waals surface area contributed by atoms with Crippen molar-refractivity contribution in [1.29, 1.82) is 0 Å². The predicted molar refractivity (Wildman–Crippen MR) is 90.4 cm³/mol. The number of nitrogens with one attached hydrogen (secondary N) is 1. The summed E-state index contributed by atoms with van der Waals surface area (Å²) >= 11 is 0. The van der Waals surface area contributed by atoms with E-state index in [1.54, 1.807) is 6.07 Å². The number of benzene rings is 2. The first-order chi connectivity index (χ1) is 11.4. The average molecular weight is 350 g/mol. The van der Waals surface area contributed by atoms with Gasteiger partial charge in [0.25, 0.3) is 5.69 Å². The van der Waals surface area contributed by atoms with Gasteiger partial charge in [-0.25, -0.2) is 13.1 Å². The molecule has 0 spiro atoms. The maximum atomic E-state index is 12.0. The van der Waals surface area contributed by atoms with Crippen molar-refractivity contribution in [1.82, 2.24) is 4.72 Å². The van der Waals surface area contributed by atoms with Crippen LogP contribution < -0.4 is 9.46 Å². The highest BCUT2D eigenvalue weighted by atomic mass is 32.2. The number of rotatable bonds is 8. The van der Waals surface area contributed by atoms with Crippen molar-refractivity contribution in [3.05, 3.63) is 69.8 Å². The molecule has 0 heterocycles. The molecule has 0 unspecified atom stereocenters. The second-order valence-electron chi connectivity index (χ2n) is 5.25. The molecule has 0 atom stereocenters. The zero-order valence-electron chi connectivity index (χ0n) is 13.1. The molecule has 128 valence electrons. The van der Waals surface area contributed by atoms with Crippen molar-refractivity contribution in [2.75, 3.05) is 13.2 Å². The van der Waals surface area contributed by atoms with Crippen molar-refractivity contribution in [3.63, 3.8) is 0 Å². The second-order valence-corrected chi connectivity index (χ2v) is 7.05. The minimum Gasteiger partial charge on any atom is -0.492 e. The van der Waals surface area contributed by atoms with Crippen LogP contribution in [-0.4, -0.2) is 26.5 Å². The van der Waals surface area contributed by atoms with E-state index in [-0.39, 0.29) is 24.6 Å². The maximum Gasteiger partial charge on any atom is 0.269 e. The Morgan fingerprint density at radius 2 is 1.92 bits per heavy atom. The molecule has 0 saturated carbocycles. The van der Waals surface area contributed by atoms with Crippen LogP contribution in [0.2, 0.25) is 0 Å². The van der Waals surface area contributed by atoms with E-state index >= 15 is 0 Å². The minimum absolute atomic E-state index is 0.116. The summed E-state index contributed by atoms with van der Waals surface area (Å²) in [4.78, 5) is 10.2. The van der Waals surface area contributed by atoms with Crippen molar-refractivity contribution in [2.24, 2.45) is 0 Å². The van der Waals surface area contributed by atoms with Gasteiger partial charge in [-0.2, -0.15) is 0 Å². The number of sulfonamides is 1. The first-order valence-electron chi connectivity index (χ1n) is 7.26. The fraction of sp³-hybridized carbons (Fsp3) is 0.250. The Balaban J connectivity index is 1.85.